The van der Waals surface area contributed by atoms with Crippen LogP contribution in [0.15, 0.2) is 231 Å². The zero-order valence-electron chi connectivity index (χ0n) is 55.0. The summed E-state index contributed by atoms with van der Waals surface area (Å²) in [5.74, 6) is -0.958. The molecule has 0 saturated heterocycles. The van der Waals surface area contributed by atoms with Crippen LogP contribution in [0.2, 0.25) is 0 Å². The van der Waals surface area contributed by atoms with Crippen molar-refractivity contribution < 1.29 is 53.4 Å². The summed E-state index contributed by atoms with van der Waals surface area (Å²) >= 11 is 0. The largest absolute Gasteiger partial charge is 0.574 e. The van der Waals surface area contributed by atoms with Crippen LogP contribution < -0.4 is 14.8 Å². The molecule has 0 aliphatic carbocycles. The number of hydrogen-bond donors (Lipinski definition) is 2. The molecule has 0 radical (unpaired) electrons. The number of amides is 1. The molecule has 99 heavy (non-hydrogen) atoms. The van der Waals surface area contributed by atoms with Gasteiger partial charge in [-0.15, -0.1) is 13.2 Å². The predicted octanol–water partition coefficient (Wildman–Crippen LogP) is 17.8. The van der Waals surface area contributed by atoms with E-state index in [1.165, 1.54) is 43.9 Å². The van der Waals surface area contributed by atoms with Crippen LogP contribution in [0.5, 0.6) is 5.88 Å². The highest BCUT2D eigenvalue weighted by atomic mass is 32.2. The summed E-state index contributed by atoms with van der Waals surface area (Å²) in [5.41, 5.74) is 16.8. The number of nitrogens with zero attached hydrogens (tertiary/aromatic N) is 10. The quantitative estimate of drug-likeness (QED) is 0.0960. The average molecular weight is 1370 g/mol. The van der Waals surface area contributed by atoms with Gasteiger partial charge in [0.2, 0.25) is 21.9 Å². The second-order valence-corrected chi connectivity index (χ2v) is 23.3. The number of anilines is 2. The number of pyridine rings is 10. The highest BCUT2D eigenvalue weighted by Crippen LogP contribution is 2.30. The van der Waals surface area contributed by atoms with Gasteiger partial charge in [-0.3, -0.25) is 49.9 Å². The van der Waals surface area contributed by atoms with Gasteiger partial charge in [-0.25, -0.2) is 23.2 Å². The van der Waals surface area contributed by atoms with Crippen LogP contribution in [-0.2, 0) is 20.9 Å². The summed E-state index contributed by atoms with van der Waals surface area (Å²) < 4.78 is 118. The topological polar surface area (TPSA) is 223 Å². The van der Waals surface area contributed by atoms with E-state index in [9.17, 15) is 43.9 Å². The second-order valence-electron chi connectivity index (χ2n) is 21.6. The summed E-state index contributed by atoms with van der Waals surface area (Å²) in [6.45, 7) is 13.4. The molecule has 10 heterocycles. The third-order valence-corrected chi connectivity index (χ3v) is 13.9. The third-order valence-electron chi connectivity index (χ3n) is 13.3. The van der Waals surface area contributed by atoms with E-state index in [2.05, 4.69) is 69.4 Å². The number of carbonyl (C=O) groups excluding carboxylic acids is 1. The van der Waals surface area contributed by atoms with Crippen molar-refractivity contribution in [2.45, 2.75) is 61.0 Å². The van der Waals surface area contributed by atoms with Gasteiger partial charge in [0.25, 0.3) is 0 Å². The van der Waals surface area contributed by atoms with Crippen molar-refractivity contribution in [3.8, 4) is 73.4 Å². The molecule has 2 N–H and O–H groups in total. The van der Waals surface area contributed by atoms with Crippen molar-refractivity contribution in [2.24, 2.45) is 0 Å². The Balaban J connectivity index is 0.000000167. The Bertz CT molecular complexity index is 4590. The minimum absolute atomic E-state index is 0.471. The second kappa shape index (κ2) is 35.3. The number of rotatable bonds is 10. The van der Waals surface area contributed by atoms with Gasteiger partial charge in [0, 0.05) is 115 Å². The monoisotopic (exact) mass is 1370 g/mol. The Kier molecular flexibility index (Phi) is 26.6. The van der Waals surface area contributed by atoms with Gasteiger partial charge in [-0.05, 0) is 188 Å². The number of hydrogen-bond acceptors (Lipinski definition) is 15. The summed E-state index contributed by atoms with van der Waals surface area (Å²) in [6, 6.07) is 60.8. The van der Waals surface area contributed by atoms with E-state index >= 15 is 0 Å². The fourth-order valence-electron chi connectivity index (χ4n) is 8.61. The lowest BCUT2D eigenvalue weighted by Gasteiger charge is -2.08. The number of aromatic nitrogens is 10. The molecule has 0 saturated carbocycles. The number of halogens is 7. The van der Waals surface area contributed by atoms with Gasteiger partial charge < -0.3 is 9.47 Å². The summed E-state index contributed by atoms with van der Waals surface area (Å²) in [6.07, 6.45) is -2.66. The van der Waals surface area contributed by atoms with E-state index < -0.39 is 46.2 Å². The predicted molar refractivity (Wildman–Crippen MR) is 369 cm³/mol. The Morgan fingerprint density at radius 3 is 1.01 bits per heavy atom. The summed E-state index contributed by atoms with van der Waals surface area (Å²) in [4.78, 5) is 51.9. The zero-order valence-corrected chi connectivity index (χ0v) is 55.8. The maximum absolute atomic E-state index is 12.6. The molecule has 508 valence electrons. The SMILES string of the molecule is COC(=O)Nc1ccc(-c2cccc(C)n2)cc1.Cc1ccc(-c2cccc(C)n2)cn1.Cc1cccc(-c2ccc(C(F)(F)F)nc2)n1.Cc1cccc(-c2ccc(F)nc2)n1.Cc1cccc(-c2ccc(NS(C)(=O)=O)cc2)n1.Cc1cccc(-c2ccc(OC(F)(F)F)nc2)n1. The molecule has 10 aromatic heterocycles. The first-order valence-electron chi connectivity index (χ1n) is 30.0. The van der Waals surface area contributed by atoms with Crippen LogP contribution in [0.25, 0.3) is 67.5 Å². The number of methoxy groups -OCH3 is 1. The molecule has 12 rings (SSSR count). The highest BCUT2D eigenvalue weighted by molar-refractivity contribution is 7.92. The number of aryl methyl sites for hydroxylation is 7. The fraction of sp³-hybridized carbons (Fsp3) is 0.149. The number of benzene rings is 2. The summed E-state index contributed by atoms with van der Waals surface area (Å²) in [7, 11) is -1.89. The lowest BCUT2D eigenvalue weighted by Crippen LogP contribution is -2.17. The molecule has 0 aliphatic rings. The van der Waals surface area contributed by atoms with Crippen molar-refractivity contribution in [2.75, 3.05) is 23.4 Å². The third kappa shape index (κ3) is 25.7. The van der Waals surface area contributed by atoms with Crippen LogP contribution in [0.1, 0.15) is 45.6 Å². The molecule has 0 fully saturated rings. The standard InChI is InChI=1S/C14H14N2O2.C13H14N2O2S.C12H9F3N2O.C12H9F3N2.C12H12N2.C11H9FN2/c1-10-4-3-5-13(15-10)11-6-8-12(9-7-11)16-14(17)18-2;1-10-4-3-5-13(14-10)11-6-8-12(9-7-11)15-18(2,16)17;1-8-3-2-4-10(17-8)9-5-6-11(16-7-9)18-12(13,14)15;1-8-3-2-4-10(17-8)9-5-6-11(16-7-9)12(13,14)15;1-9-6-7-11(8-13-9)12-5-3-4-10(2)14-12;1-8-3-2-4-10(14-8)9-5-6-11(12)13-7-9/h3-9H,1-2H3,(H,16,17);3-9,15H,1-2H3;2-7H,1H3;2-7H,1H3;3-8H,1-2H3;2-7H,1H3. The Morgan fingerprint density at radius 1 is 0.384 bits per heavy atom. The average Bonchev–Trinajstić information content (AvgIpc) is 1.19. The molecule has 1 amide bonds. The maximum atomic E-state index is 12.6. The molecule has 0 aliphatic heterocycles. The van der Waals surface area contributed by atoms with Gasteiger partial charge in [0.1, 0.15) is 5.69 Å². The minimum atomic E-state index is -4.73. The molecule has 0 bridgehead atoms. The smallest absolute Gasteiger partial charge is 0.453 e. The van der Waals surface area contributed by atoms with Crippen molar-refractivity contribution in [3.05, 3.63) is 283 Å². The lowest BCUT2D eigenvalue weighted by atomic mass is 10.1. The van der Waals surface area contributed by atoms with Gasteiger partial charge in [-0.2, -0.15) is 17.6 Å². The van der Waals surface area contributed by atoms with Crippen molar-refractivity contribution in [1.82, 2.24) is 49.8 Å². The number of carbonyl (C=O) groups is 1. The highest BCUT2D eigenvalue weighted by Gasteiger charge is 2.33. The van der Waals surface area contributed by atoms with Crippen molar-refractivity contribution >= 4 is 27.5 Å². The fourth-order valence-corrected chi connectivity index (χ4v) is 9.17. The number of alkyl halides is 6. The van der Waals surface area contributed by atoms with Gasteiger partial charge >= 0.3 is 18.6 Å². The Morgan fingerprint density at radius 2 is 0.717 bits per heavy atom. The van der Waals surface area contributed by atoms with E-state index in [4.69, 9.17) is 0 Å². The first-order valence-corrected chi connectivity index (χ1v) is 31.9. The van der Waals surface area contributed by atoms with Crippen molar-refractivity contribution in [3.63, 3.8) is 0 Å². The molecule has 0 unspecified atom stereocenters. The van der Waals surface area contributed by atoms with Crippen LogP contribution in [0.3, 0.4) is 0 Å². The first kappa shape index (κ1) is 74.7. The number of nitrogens with one attached hydrogen (secondary N) is 2. The molecule has 12 aromatic rings. The molecular weight excluding hydrogens is 1300 g/mol. The van der Waals surface area contributed by atoms with Gasteiger partial charge in [0.05, 0.1) is 47.5 Å². The molecule has 25 heteroatoms. The zero-order chi connectivity index (χ0) is 71.7. The van der Waals surface area contributed by atoms with Crippen molar-refractivity contribution in [1.29, 1.82) is 0 Å². The molecule has 0 atom stereocenters. The molecular formula is C74H67F7N12O5S. The van der Waals surface area contributed by atoms with E-state index in [1.807, 2.05) is 194 Å². The first-order chi connectivity index (χ1) is 47.0. The molecule has 17 nitrogen and oxygen atoms in total. The molecule has 0 spiro atoms. The van der Waals surface area contributed by atoms with E-state index in [1.54, 1.807) is 36.4 Å². The van der Waals surface area contributed by atoms with Crippen LogP contribution in [-0.4, -0.2) is 84.1 Å². The van der Waals surface area contributed by atoms with Gasteiger partial charge in [0.15, 0.2) is 0 Å². The minimum Gasteiger partial charge on any atom is -0.453 e. The van der Waals surface area contributed by atoms with E-state index in [-0.39, 0.29) is 0 Å². The normalized spacial score (nSPS) is 10.7. The lowest BCUT2D eigenvalue weighted by molar-refractivity contribution is -0.276. The van der Waals surface area contributed by atoms with E-state index in [0.29, 0.717) is 33.9 Å². The Hall–Kier alpha value is -11.7. The van der Waals surface area contributed by atoms with E-state index in [0.717, 1.165) is 103 Å². The number of sulfonamides is 1. The van der Waals surface area contributed by atoms with Crippen LogP contribution in [0, 0.1) is 54.4 Å². The summed E-state index contributed by atoms with van der Waals surface area (Å²) in [5, 5.41) is 2.60. The maximum Gasteiger partial charge on any atom is 0.574 e. The number of ether oxygens (including phenoxy) is 2. The Labute approximate surface area is 568 Å². The van der Waals surface area contributed by atoms with Crippen LogP contribution >= 0.6 is 0 Å². The molecule has 2 aromatic carbocycles. The van der Waals surface area contributed by atoms with Crippen LogP contribution in [0.4, 0.5) is 46.9 Å². The van der Waals surface area contributed by atoms with Gasteiger partial charge in [-0.1, -0.05) is 60.7 Å².